The Bertz CT molecular complexity index is 1290. The van der Waals surface area contributed by atoms with Crippen LogP contribution in [-0.4, -0.2) is 57.2 Å². The van der Waals surface area contributed by atoms with E-state index >= 15 is 0 Å². The van der Waals surface area contributed by atoms with E-state index in [4.69, 9.17) is 4.74 Å². The van der Waals surface area contributed by atoms with Gasteiger partial charge in [-0.25, -0.2) is 9.78 Å². The summed E-state index contributed by atoms with van der Waals surface area (Å²) in [4.78, 5) is 21.9. The molecule has 1 aromatic carbocycles. The zero-order valence-corrected chi connectivity index (χ0v) is 22.0. The fourth-order valence-corrected chi connectivity index (χ4v) is 6.53. The monoisotopic (exact) mass is 499 g/mol. The molecular weight excluding hydrogens is 462 g/mol. The summed E-state index contributed by atoms with van der Waals surface area (Å²) in [5.74, 6) is 0.397. The van der Waals surface area contributed by atoms with E-state index < -0.39 is 5.60 Å². The van der Waals surface area contributed by atoms with Gasteiger partial charge in [-0.05, 0) is 75.3 Å². The van der Waals surface area contributed by atoms with E-state index in [1.165, 1.54) is 0 Å². The number of hydrogen-bond acceptors (Lipinski definition) is 5. The maximum atomic E-state index is 13.1. The Hall–Kier alpha value is -3.53. The summed E-state index contributed by atoms with van der Waals surface area (Å²) < 4.78 is 8.30. The highest BCUT2D eigenvalue weighted by Gasteiger charge is 2.50. The third-order valence-corrected chi connectivity index (χ3v) is 8.32. The van der Waals surface area contributed by atoms with Crippen LogP contribution in [-0.2, 0) is 11.3 Å². The van der Waals surface area contributed by atoms with Crippen molar-refractivity contribution < 1.29 is 9.53 Å². The first kappa shape index (κ1) is 25.1. The van der Waals surface area contributed by atoms with E-state index in [0.717, 1.165) is 68.5 Å². The second-order valence-corrected chi connectivity index (χ2v) is 11.4. The third kappa shape index (κ3) is 5.16. The minimum atomic E-state index is -0.402. The van der Waals surface area contributed by atoms with Crippen LogP contribution in [0.25, 0.3) is 11.0 Å². The van der Waals surface area contributed by atoms with Gasteiger partial charge in [-0.1, -0.05) is 25.7 Å². The van der Waals surface area contributed by atoms with Crippen molar-refractivity contribution in [1.29, 1.82) is 5.26 Å². The lowest BCUT2D eigenvalue weighted by Crippen LogP contribution is -2.43. The van der Waals surface area contributed by atoms with Gasteiger partial charge in [0.25, 0.3) is 0 Å². The predicted molar refractivity (Wildman–Crippen MR) is 145 cm³/mol. The number of ether oxygens (including phenoxy) is 1. The number of likely N-dealkylation sites (tertiary alicyclic amines) is 1. The molecule has 2 aromatic rings. The van der Waals surface area contributed by atoms with Crippen molar-refractivity contribution in [3.05, 3.63) is 66.7 Å². The fraction of sp³-hybridized carbons (Fsp3) is 0.500. The Morgan fingerprint density at radius 2 is 2.22 bits per heavy atom. The molecule has 2 aliphatic heterocycles. The van der Waals surface area contributed by atoms with Gasteiger partial charge in [-0.2, -0.15) is 5.26 Å². The molecule has 7 heteroatoms. The van der Waals surface area contributed by atoms with Gasteiger partial charge in [0.15, 0.2) is 0 Å². The van der Waals surface area contributed by atoms with Gasteiger partial charge < -0.3 is 19.1 Å². The highest BCUT2D eigenvalue weighted by atomic mass is 16.6. The number of rotatable bonds is 7. The van der Waals surface area contributed by atoms with Crippen LogP contribution in [0.5, 0.6) is 0 Å². The van der Waals surface area contributed by atoms with Gasteiger partial charge in [0, 0.05) is 37.3 Å². The molecule has 37 heavy (non-hydrogen) atoms. The van der Waals surface area contributed by atoms with Crippen molar-refractivity contribution >= 4 is 17.1 Å². The normalized spacial score (nSPS) is 28.4. The quantitative estimate of drug-likeness (QED) is 0.461. The average Bonchev–Trinajstić information content (AvgIpc) is 3.55. The molecule has 1 amide bonds. The van der Waals surface area contributed by atoms with Gasteiger partial charge in [0.2, 0.25) is 0 Å². The molecule has 1 aliphatic carbocycles. The van der Waals surface area contributed by atoms with Crippen molar-refractivity contribution in [3.63, 3.8) is 0 Å². The molecule has 3 aliphatic rings. The number of hydrogen-bond donors (Lipinski definition) is 0. The van der Waals surface area contributed by atoms with Crippen molar-refractivity contribution in [3.8, 4) is 6.07 Å². The zero-order valence-electron chi connectivity index (χ0n) is 22.0. The Labute approximate surface area is 219 Å². The van der Waals surface area contributed by atoms with E-state index in [9.17, 15) is 10.1 Å². The second kappa shape index (κ2) is 10.1. The smallest absolute Gasteiger partial charge is 0.410 e. The highest BCUT2D eigenvalue weighted by molar-refractivity contribution is 5.77. The van der Waals surface area contributed by atoms with E-state index in [0.29, 0.717) is 24.6 Å². The molecule has 1 aromatic heterocycles. The van der Waals surface area contributed by atoms with Crippen LogP contribution < -0.4 is 0 Å². The predicted octanol–water partition coefficient (Wildman–Crippen LogP) is 5.65. The summed E-state index contributed by atoms with van der Waals surface area (Å²) in [7, 11) is 0. The number of benzene rings is 1. The van der Waals surface area contributed by atoms with E-state index in [-0.39, 0.29) is 11.5 Å². The summed E-state index contributed by atoms with van der Waals surface area (Å²) in [6, 6.07) is 7.85. The lowest BCUT2D eigenvalue weighted by atomic mass is 9.77. The van der Waals surface area contributed by atoms with Gasteiger partial charge in [0.1, 0.15) is 5.60 Å². The maximum absolute atomic E-state index is 13.1. The standard InChI is InChI=1S/C30H37N5O2/c1-4-6-9-25(5-2)33-14-13-29(3,19-33)20-35-21-30(37-28(35)36)12-7-8-24(16-30)18-34-22-32-26-11-10-23(17-31)15-27(26)34/h4-6,9-11,15,22,24H,2,7-8,12-14,16,18-21H2,1,3H3/b6-4-,25-9+/t24?,29?,30-/m0/s1. The SMILES string of the molecule is C=C/C(=C\C=C/C)N1CCC(C)(CN2C[C@@]3(CCCC(Cn4cnc5ccc(C#N)cc54)C3)OC2=O)C1. The van der Waals surface area contributed by atoms with Crippen LogP contribution in [0.3, 0.4) is 0 Å². The largest absolute Gasteiger partial charge is 0.441 e. The van der Waals surface area contributed by atoms with Crippen LogP contribution in [0.4, 0.5) is 4.79 Å². The minimum Gasteiger partial charge on any atom is -0.441 e. The molecule has 2 saturated heterocycles. The molecule has 0 N–H and O–H groups in total. The summed E-state index contributed by atoms with van der Waals surface area (Å²) in [5, 5.41) is 9.30. The topological polar surface area (TPSA) is 74.4 Å². The van der Waals surface area contributed by atoms with Crippen molar-refractivity contribution in [2.45, 2.75) is 58.1 Å². The van der Waals surface area contributed by atoms with Crippen molar-refractivity contribution in [1.82, 2.24) is 19.4 Å². The maximum Gasteiger partial charge on any atom is 0.410 e. The molecule has 7 nitrogen and oxygen atoms in total. The van der Waals surface area contributed by atoms with Crippen LogP contribution in [0.1, 0.15) is 51.5 Å². The Kier molecular flexibility index (Phi) is 6.85. The first-order chi connectivity index (χ1) is 17.9. The van der Waals surface area contributed by atoms with Crippen molar-refractivity contribution in [2.24, 2.45) is 11.3 Å². The number of allylic oxidation sites excluding steroid dienone is 4. The van der Waals surface area contributed by atoms with E-state index in [1.807, 2.05) is 54.6 Å². The number of fused-ring (bicyclic) bond motifs is 1. The number of imidazole rings is 1. The van der Waals surface area contributed by atoms with E-state index in [1.54, 1.807) is 0 Å². The van der Waals surface area contributed by atoms with Gasteiger partial charge in [-0.3, -0.25) is 0 Å². The van der Waals surface area contributed by atoms with Crippen molar-refractivity contribution in [2.75, 3.05) is 26.2 Å². The number of nitriles is 1. The lowest BCUT2D eigenvalue weighted by Gasteiger charge is -2.36. The van der Waals surface area contributed by atoms with Gasteiger partial charge >= 0.3 is 6.09 Å². The third-order valence-electron chi connectivity index (χ3n) is 8.32. The van der Waals surface area contributed by atoms with Crippen LogP contribution in [0.15, 0.2) is 61.1 Å². The van der Waals surface area contributed by atoms with Crippen LogP contribution in [0.2, 0.25) is 0 Å². The molecule has 1 saturated carbocycles. The minimum absolute atomic E-state index is 0.0187. The summed E-state index contributed by atoms with van der Waals surface area (Å²) in [5.41, 5.74) is 3.29. The van der Waals surface area contributed by atoms with Gasteiger partial charge in [-0.15, -0.1) is 0 Å². The van der Waals surface area contributed by atoms with Crippen LogP contribution >= 0.6 is 0 Å². The Morgan fingerprint density at radius 1 is 1.35 bits per heavy atom. The number of carbonyl (C=O) groups excluding carboxylic acids is 1. The molecule has 0 radical (unpaired) electrons. The van der Waals surface area contributed by atoms with Crippen LogP contribution in [0, 0.1) is 22.7 Å². The molecular formula is C30H37N5O2. The molecule has 194 valence electrons. The molecule has 3 atom stereocenters. The average molecular weight is 500 g/mol. The number of carbonyl (C=O) groups is 1. The molecule has 5 rings (SSSR count). The van der Waals surface area contributed by atoms with Gasteiger partial charge in [0.05, 0.1) is 35.5 Å². The lowest BCUT2D eigenvalue weighted by molar-refractivity contribution is 0.00411. The fourth-order valence-electron chi connectivity index (χ4n) is 6.53. The Morgan fingerprint density at radius 3 is 3.00 bits per heavy atom. The summed E-state index contributed by atoms with van der Waals surface area (Å²) in [6.07, 6.45) is 14.8. The number of nitrogens with zero attached hydrogens (tertiary/aromatic N) is 5. The Balaban J connectivity index is 1.24. The second-order valence-electron chi connectivity index (χ2n) is 11.4. The number of amides is 1. The first-order valence-electron chi connectivity index (χ1n) is 13.4. The number of aromatic nitrogens is 2. The molecule has 2 unspecified atom stereocenters. The highest BCUT2D eigenvalue weighted by Crippen LogP contribution is 2.42. The summed E-state index contributed by atoms with van der Waals surface area (Å²) in [6.45, 7) is 12.4. The molecule has 0 bridgehead atoms. The molecule has 3 fully saturated rings. The summed E-state index contributed by atoms with van der Waals surface area (Å²) >= 11 is 0. The zero-order chi connectivity index (χ0) is 26.0. The molecule has 3 heterocycles. The first-order valence-corrected chi connectivity index (χ1v) is 13.4. The molecule has 1 spiro atoms. The van der Waals surface area contributed by atoms with E-state index in [2.05, 4.69) is 40.1 Å².